The third-order valence-electron chi connectivity index (χ3n) is 6.26. The normalized spacial score (nSPS) is 21.2. The van der Waals surface area contributed by atoms with E-state index in [0.717, 1.165) is 11.0 Å². The lowest BCUT2D eigenvalue weighted by molar-refractivity contribution is 0.120. The molecule has 30 heavy (non-hydrogen) atoms. The number of ether oxygens (including phenoxy) is 1. The van der Waals surface area contributed by atoms with Gasteiger partial charge in [0.05, 0.1) is 18.3 Å². The maximum absolute atomic E-state index is 6.59. The van der Waals surface area contributed by atoms with Gasteiger partial charge in [-0.1, -0.05) is 66.7 Å². The average molecular weight is 412 g/mol. The van der Waals surface area contributed by atoms with Crippen LogP contribution in [0.25, 0.3) is 26.2 Å². The Morgan fingerprint density at radius 1 is 0.967 bits per heavy atom. The summed E-state index contributed by atoms with van der Waals surface area (Å²) in [5.41, 5.74) is 4.62. The second-order valence-electron chi connectivity index (χ2n) is 7.90. The maximum Gasteiger partial charge on any atom is 0.495 e. The van der Waals surface area contributed by atoms with Crippen molar-refractivity contribution < 1.29 is 14.0 Å². The summed E-state index contributed by atoms with van der Waals surface area (Å²) in [7, 11) is 1.32. The molecule has 0 saturated carbocycles. The minimum atomic E-state index is -0.408. The Kier molecular flexibility index (Phi) is 4.32. The number of benzene rings is 3. The summed E-state index contributed by atoms with van der Waals surface area (Å²) in [6.45, 7) is 2.05. The van der Waals surface area contributed by atoms with Crippen LogP contribution >= 0.6 is 11.3 Å². The smallest absolute Gasteiger partial charge is 0.398 e. The van der Waals surface area contributed by atoms with E-state index in [9.17, 15) is 0 Å². The molecule has 2 aliphatic rings. The van der Waals surface area contributed by atoms with E-state index < -0.39 is 7.12 Å². The molecule has 1 saturated heterocycles. The van der Waals surface area contributed by atoms with Gasteiger partial charge in [-0.2, -0.15) is 0 Å². The molecule has 0 unspecified atom stereocenters. The van der Waals surface area contributed by atoms with Crippen LogP contribution in [0.1, 0.15) is 35.8 Å². The van der Waals surface area contributed by atoms with Gasteiger partial charge in [0.15, 0.2) is 0 Å². The third kappa shape index (κ3) is 2.70. The summed E-state index contributed by atoms with van der Waals surface area (Å²) in [5, 5.41) is 2.60. The van der Waals surface area contributed by atoms with Crippen molar-refractivity contribution in [3.63, 3.8) is 0 Å². The Morgan fingerprint density at radius 3 is 2.70 bits per heavy atom. The average Bonchev–Trinajstić information content (AvgIpc) is 3.39. The number of rotatable bonds is 3. The lowest BCUT2D eigenvalue weighted by atomic mass is 9.75. The monoisotopic (exact) mass is 412 g/mol. The van der Waals surface area contributed by atoms with Crippen LogP contribution in [-0.2, 0) is 14.0 Å². The Labute approximate surface area is 180 Å². The summed E-state index contributed by atoms with van der Waals surface area (Å²) in [6.07, 6.45) is 4.08. The first kappa shape index (κ1) is 18.3. The molecule has 2 heterocycles. The molecule has 1 aromatic heterocycles. The van der Waals surface area contributed by atoms with Crippen LogP contribution in [0.5, 0.6) is 0 Å². The molecule has 1 fully saturated rings. The molecule has 3 atom stereocenters. The Morgan fingerprint density at radius 2 is 1.80 bits per heavy atom. The fourth-order valence-electron chi connectivity index (χ4n) is 4.67. The van der Waals surface area contributed by atoms with E-state index in [2.05, 4.69) is 67.6 Å². The molecule has 1 aliphatic heterocycles. The Balaban J connectivity index is 1.46. The summed E-state index contributed by atoms with van der Waals surface area (Å²) in [6, 6.07) is 21.3. The first-order valence-electron chi connectivity index (χ1n) is 10.3. The van der Waals surface area contributed by atoms with Crippen molar-refractivity contribution in [3.05, 3.63) is 83.4 Å². The van der Waals surface area contributed by atoms with E-state index in [4.69, 9.17) is 14.0 Å². The van der Waals surface area contributed by atoms with Gasteiger partial charge in [0, 0.05) is 32.8 Å². The van der Waals surface area contributed by atoms with Gasteiger partial charge < -0.3 is 14.0 Å². The highest BCUT2D eigenvalue weighted by Crippen LogP contribution is 2.46. The van der Waals surface area contributed by atoms with Gasteiger partial charge >= 0.3 is 7.12 Å². The van der Waals surface area contributed by atoms with Gasteiger partial charge in [0.1, 0.15) is 0 Å². The molecule has 4 aromatic rings. The summed E-state index contributed by atoms with van der Waals surface area (Å²) in [5.74, 6) is 0. The molecule has 148 valence electrons. The summed E-state index contributed by atoms with van der Waals surface area (Å²) >= 11 is 1.84. The Hall–Kier alpha value is -2.44. The van der Waals surface area contributed by atoms with E-state index in [-0.39, 0.29) is 18.3 Å². The zero-order chi connectivity index (χ0) is 20.2. The maximum atomic E-state index is 6.59. The minimum Gasteiger partial charge on any atom is -0.398 e. The molecule has 5 heteroatoms. The molecular formula is C25H21BO3S. The van der Waals surface area contributed by atoms with Gasteiger partial charge in [0.2, 0.25) is 0 Å². The number of thiophene rings is 1. The second-order valence-corrected chi connectivity index (χ2v) is 8.95. The fourth-order valence-corrected chi connectivity index (χ4v) is 5.95. The number of hydrogen-bond donors (Lipinski definition) is 0. The number of hydrogen-bond acceptors (Lipinski definition) is 4. The molecule has 0 N–H and O–H groups in total. The van der Waals surface area contributed by atoms with Crippen LogP contribution in [0.3, 0.4) is 0 Å². The van der Waals surface area contributed by atoms with Crippen LogP contribution in [0.2, 0.25) is 0 Å². The lowest BCUT2D eigenvalue weighted by Gasteiger charge is -2.23. The zero-order valence-corrected chi connectivity index (χ0v) is 17.7. The molecule has 0 spiro atoms. The van der Waals surface area contributed by atoms with E-state index in [0.29, 0.717) is 0 Å². The van der Waals surface area contributed by atoms with Gasteiger partial charge in [-0.15, -0.1) is 11.3 Å². The van der Waals surface area contributed by atoms with Gasteiger partial charge in [-0.05, 0) is 29.6 Å². The van der Waals surface area contributed by atoms with Crippen molar-refractivity contribution in [2.45, 2.75) is 25.2 Å². The van der Waals surface area contributed by atoms with E-state index in [1.807, 2.05) is 23.5 Å². The van der Waals surface area contributed by atoms with E-state index in [1.165, 1.54) is 31.3 Å². The molecule has 0 bridgehead atoms. The molecular weight excluding hydrogens is 391 g/mol. The van der Waals surface area contributed by atoms with Crippen molar-refractivity contribution in [2.75, 3.05) is 7.11 Å². The number of methoxy groups -OCH3 is 1. The van der Waals surface area contributed by atoms with Crippen molar-refractivity contribution in [2.24, 2.45) is 0 Å². The van der Waals surface area contributed by atoms with Crippen molar-refractivity contribution in [1.82, 2.24) is 0 Å². The predicted molar refractivity (Wildman–Crippen MR) is 124 cm³/mol. The number of fused-ring (bicyclic) bond motifs is 7. The van der Waals surface area contributed by atoms with Crippen molar-refractivity contribution >= 4 is 50.2 Å². The highest BCUT2D eigenvalue weighted by atomic mass is 32.1. The fraction of sp³-hybridized carbons (Fsp3) is 0.200. The highest BCUT2D eigenvalue weighted by molar-refractivity contribution is 7.26. The van der Waals surface area contributed by atoms with Gasteiger partial charge in [-0.25, -0.2) is 0 Å². The first-order chi connectivity index (χ1) is 14.7. The predicted octanol–water partition coefficient (Wildman–Crippen LogP) is 5.64. The van der Waals surface area contributed by atoms with Crippen LogP contribution in [0.4, 0.5) is 0 Å². The van der Waals surface area contributed by atoms with Crippen molar-refractivity contribution in [1.29, 1.82) is 0 Å². The Bertz CT molecular complexity index is 1290. The van der Waals surface area contributed by atoms with E-state index >= 15 is 0 Å². The topological polar surface area (TPSA) is 27.7 Å². The van der Waals surface area contributed by atoms with Crippen molar-refractivity contribution in [3.8, 4) is 0 Å². The second kappa shape index (κ2) is 7.07. The van der Waals surface area contributed by atoms with Crippen LogP contribution < -0.4 is 5.46 Å². The zero-order valence-electron chi connectivity index (χ0n) is 16.9. The van der Waals surface area contributed by atoms with Crippen LogP contribution in [0, 0.1) is 0 Å². The third-order valence-corrected chi connectivity index (χ3v) is 7.48. The highest BCUT2D eigenvalue weighted by Gasteiger charge is 2.44. The molecule has 6 rings (SSSR count). The minimum absolute atomic E-state index is 0.0202. The molecule has 3 nitrogen and oxygen atoms in total. The molecule has 3 aromatic carbocycles. The van der Waals surface area contributed by atoms with Gasteiger partial charge in [0.25, 0.3) is 0 Å². The van der Waals surface area contributed by atoms with Crippen LogP contribution in [0.15, 0.2) is 66.7 Å². The van der Waals surface area contributed by atoms with Gasteiger partial charge in [-0.3, -0.25) is 0 Å². The standard InChI is InChI=1S/C25H21BO3S/c1-15(27-2)17-7-3-5-9-20(17)26-28-21-14-12-16-11-13-19-18-8-4-6-10-22(18)30-25(19)23(16)24(21)29-26/h3-15,21,24H,1-2H3/t15-,21+,24+/m1/s1. The quantitative estimate of drug-likeness (QED) is 0.408. The SMILES string of the molecule is CO[C@H](C)c1ccccc1B1O[C@H]2C=Cc3ccc4c(sc5ccccc54)c3[C@H]2O1. The van der Waals surface area contributed by atoms with Crippen LogP contribution in [-0.4, -0.2) is 20.3 Å². The summed E-state index contributed by atoms with van der Waals surface area (Å²) < 4.78 is 21.2. The van der Waals surface area contributed by atoms with E-state index in [1.54, 1.807) is 7.11 Å². The molecule has 0 amide bonds. The summed E-state index contributed by atoms with van der Waals surface area (Å²) in [4.78, 5) is 0. The molecule has 0 radical (unpaired) electrons. The largest absolute Gasteiger partial charge is 0.495 e. The lowest BCUT2D eigenvalue weighted by Crippen LogP contribution is -2.36. The first-order valence-corrected chi connectivity index (χ1v) is 11.1. The molecule has 1 aliphatic carbocycles.